The number of unbranched alkanes of at least 4 members (excludes halogenated alkanes) is 40. The summed E-state index contributed by atoms with van der Waals surface area (Å²) >= 11 is 0. The molecular formula is C61H114O6. The Bertz CT molecular complexity index is 1080. The molecule has 0 N–H and O–H groups in total. The third kappa shape index (κ3) is 54.7. The zero-order valence-corrected chi connectivity index (χ0v) is 45.2. The number of carbonyl (C=O) groups is 3. The van der Waals surface area contributed by atoms with Gasteiger partial charge < -0.3 is 14.2 Å². The first-order chi connectivity index (χ1) is 33.0. The van der Waals surface area contributed by atoms with E-state index in [0.29, 0.717) is 19.3 Å². The summed E-state index contributed by atoms with van der Waals surface area (Å²) < 4.78 is 16.8. The maximum atomic E-state index is 12.8. The quantitative estimate of drug-likeness (QED) is 0.0262. The first kappa shape index (κ1) is 64.9. The van der Waals surface area contributed by atoms with Crippen molar-refractivity contribution in [1.82, 2.24) is 0 Å². The van der Waals surface area contributed by atoms with Crippen LogP contribution in [-0.4, -0.2) is 37.2 Å². The molecule has 0 saturated heterocycles. The van der Waals surface area contributed by atoms with Crippen molar-refractivity contribution < 1.29 is 28.6 Å². The highest BCUT2D eigenvalue weighted by atomic mass is 16.6. The van der Waals surface area contributed by atoms with Gasteiger partial charge in [0.25, 0.3) is 0 Å². The van der Waals surface area contributed by atoms with E-state index in [2.05, 4.69) is 45.1 Å². The van der Waals surface area contributed by atoms with Crippen molar-refractivity contribution in [3.05, 3.63) is 24.3 Å². The Morgan fingerprint density at radius 3 is 0.836 bits per heavy atom. The van der Waals surface area contributed by atoms with Gasteiger partial charge in [-0.15, -0.1) is 0 Å². The third-order valence-electron chi connectivity index (χ3n) is 13.5. The third-order valence-corrected chi connectivity index (χ3v) is 13.5. The molecule has 0 aliphatic carbocycles. The fraction of sp³-hybridized carbons (Fsp3) is 0.885. The lowest BCUT2D eigenvalue weighted by Gasteiger charge is -2.18. The number of hydrogen-bond acceptors (Lipinski definition) is 6. The van der Waals surface area contributed by atoms with Crippen LogP contribution in [0.1, 0.15) is 329 Å². The van der Waals surface area contributed by atoms with Crippen LogP contribution in [0.3, 0.4) is 0 Å². The molecule has 1 unspecified atom stereocenters. The first-order valence-corrected chi connectivity index (χ1v) is 29.8. The van der Waals surface area contributed by atoms with Crippen molar-refractivity contribution in [1.29, 1.82) is 0 Å². The maximum absolute atomic E-state index is 12.8. The monoisotopic (exact) mass is 943 g/mol. The van der Waals surface area contributed by atoms with Gasteiger partial charge in [0.05, 0.1) is 0 Å². The number of hydrogen-bond donors (Lipinski definition) is 0. The van der Waals surface area contributed by atoms with Crippen LogP contribution in [0.4, 0.5) is 0 Å². The molecule has 0 radical (unpaired) electrons. The molecule has 6 heteroatoms. The molecule has 0 aromatic rings. The van der Waals surface area contributed by atoms with Gasteiger partial charge in [0.15, 0.2) is 6.10 Å². The van der Waals surface area contributed by atoms with Gasteiger partial charge in [-0.05, 0) is 51.4 Å². The minimum Gasteiger partial charge on any atom is -0.462 e. The highest BCUT2D eigenvalue weighted by Gasteiger charge is 2.19. The van der Waals surface area contributed by atoms with E-state index in [-0.39, 0.29) is 31.1 Å². The normalized spacial score (nSPS) is 12.1. The lowest BCUT2D eigenvalue weighted by Crippen LogP contribution is -2.30. The van der Waals surface area contributed by atoms with Gasteiger partial charge in [-0.2, -0.15) is 0 Å². The first-order valence-electron chi connectivity index (χ1n) is 29.8. The van der Waals surface area contributed by atoms with E-state index >= 15 is 0 Å². The summed E-state index contributed by atoms with van der Waals surface area (Å²) in [5.74, 6) is -0.875. The van der Waals surface area contributed by atoms with Crippen LogP contribution >= 0.6 is 0 Å². The van der Waals surface area contributed by atoms with Crippen LogP contribution in [0, 0.1) is 0 Å². The van der Waals surface area contributed by atoms with Gasteiger partial charge in [-0.1, -0.05) is 283 Å². The number of allylic oxidation sites excluding steroid dienone is 4. The zero-order chi connectivity index (χ0) is 48.6. The molecule has 0 saturated carbocycles. The highest BCUT2D eigenvalue weighted by molar-refractivity contribution is 5.71. The summed E-state index contributed by atoms with van der Waals surface area (Å²) in [5.41, 5.74) is 0. The van der Waals surface area contributed by atoms with E-state index in [0.717, 1.165) is 77.0 Å². The van der Waals surface area contributed by atoms with Gasteiger partial charge in [-0.3, -0.25) is 14.4 Å². The molecule has 0 rings (SSSR count). The number of esters is 3. The van der Waals surface area contributed by atoms with Gasteiger partial charge >= 0.3 is 17.9 Å². The van der Waals surface area contributed by atoms with Crippen molar-refractivity contribution in [2.24, 2.45) is 0 Å². The molecule has 394 valence electrons. The lowest BCUT2D eigenvalue weighted by molar-refractivity contribution is -0.167. The summed E-state index contributed by atoms with van der Waals surface area (Å²) in [6, 6.07) is 0. The fourth-order valence-corrected chi connectivity index (χ4v) is 8.95. The van der Waals surface area contributed by atoms with Crippen LogP contribution in [0.25, 0.3) is 0 Å². The molecule has 0 spiro atoms. The summed E-state index contributed by atoms with van der Waals surface area (Å²) in [7, 11) is 0. The van der Waals surface area contributed by atoms with E-state index in [1.807, 2.05) is 0 Å². The summed E-state index contributed by atoms with van der Waals surface area (Å²) in [6.07, 6.45) is 66.4. The van der Waals surface area contributed by atoms with Crippen LogP contribution in [0.15, 0.2) is 24.3 Å². The molecule has 0 amide bonds. The van der Waals surface area contributed by atoms with Crippen LogP contribution in [-0.2, 0) is 28.6 Å². The van der Waals surface area contributed by atoms with Crippen LogP contribution in [0.2, 0.25) is 0 Å². The molecule has 0 aliphatic rings. The minimum atomic E-state index is -0.772. The van der Waals surface area contributed by atoms with Gasteiger partial charge in [0.2, 0.25) is 0 Å². The van der Waals surface area contributed by atoms with Gasteiger partial charge in [0, 0.05) is 19.3 Å². The Morgan fingerprint density at radius 1 is 0.299 bits per heavy atom. The van der Waals surface area contributed by atoms with E-state index in [1.54, 1.807) is 0 Å². The van der Waals surface area contributed by atoms with E-state index in [1.165, 1.54) is 212 Å². The molecule has 0 aliphatic heterocycles. The number of ether oxygens (including phenoxy) is 3. The average molecular weight is 944 g/mol. The SMILES string of the molecule is CCCCCC/C=C\C/C=C\CCCCCCCC(=O)OC(COC(=O)CCCCCCCCC)COC(=O)CCCCCCCCCCCCCCCCCCCCCCCCCCCC. The Morgan fingerprint density at radius 2 is 0.537 bits per heavy atom. The molecule has 0 heterocycles. The Labute approximate surface area is 417 Å². The Hall–Kier alpha value is -2.11. The molecule has 0 aromatic heterocycles. The van der Waals surface area contributed by atoms with E-state index < -0.39 is 6.10 Å². The second-order valence-corrected chi connectivity index (χ2v) is 20.3. The van der Waals surface area contributed by atoms with Crippen LogP contribution < -0.4 is 0 Å². The Kier molecular flexibility index (Phi) is 54.7. The van der Waals surface area contributed by atoms with Crippen molar-refractivity contribution in [3.8, 4) is 0 Å². The minimum absolute atomic E-state index is 0.0724. The molecule has 0 fully saturated rings. The fourth-order valence-electron chi connectivity index (χ4n) is 8.95. The lowest BCUT2D eigenvalue weighted by atomic mass is 10.0. The molecular weight excluding hydrogens is 829 g/mol. The number of carbonyl (C=O) groups excluding carboxylic acids is 3. The second-order valence-electron chi connectivity index (χ2n) is 20.3. The topological polar surface area (TPSA) is 78.9 Å². The zero-order valence-electron chi connectivity index (χ0n) is 45.2. The van der Waals surface area contributed by atoms with Crippen molar-refractivity contribution >= 4 is 17.9 Å². The highest BCUT2D eigenvalue weighted by Crippen LogP contribution is 2.17. The molecule has 67 heavy (non-hydrogen) atoms. The number of rotatable bonds is 55. The smallest absolute Gasteiger partial charge is 0.306 e. The predicted molar refractivity (Wildman–Crippen MR) is 289 cm³/mol. The van der Waals surface area contributed by atoms with E-state index in [9.17, 15) is 14.4 Å². The standard InChI is InChI=1S/C61H114O6/c1-4-7-10-13-16-18-20-22-24-26-27-28-29-30-31-32-33-34-35-37-38-40-42-45-48-51-54-60(63)66-57-58(56-65-59(62)53-50-47-44-15-12-9-6-3)67-61(64)55-52-49-46-43-41-39-36-25-23-21-19-17-14-11-8-5-2/h19,21,25,36,58H,4-18,20,22-24,26-35,37-57H2,1-3H3/b21-19-,36-25-. The van der Waals surface area contributed by atoms with Gasteiger partial charge in [0.1, 0.15) is 13.2 Å². The van der Waals surface area contributed by atoms with Crippen molar-refractivity contribution in [2.45, 2.75) is 335 Å². The molecule has 0 bridgehead atoms. The molecule has 0 aromatic carbocycles. The maximum Gasteiger partial charge on any atom is 0.306 e. The van der Waals surface area contributed by atoms with E-state index in [4.69, 9.17) is 14.2 Å². The second kappa shape index (κ2) is 56.5. The summed E-state index contributed by atoms with van der Waals surface area (Å²) in [6.45, 7) is 6.62. The largest absolute Gasteiger partial charge is 0.462 e. The summed E-state index contributed by atoms with van der Waals surface area (Å²) in [5, 5.41) is 0. The molecule has 1 atom stereocenters. The van der Waals surface area contributed by atoms with Crippen molar-refractivity contribution in [2.75, 3.05) is 13.2 Å². The van der Waals surface area contributed by atoms with Gasteiger partial charge in [-0.25, -0.2) is 0 Å². The molecule has 6 nitrogen and oxygen atoms in total. The summed E-state index contributed by atoms with van der Waals surface area (Å²) in [4.78, 5) is 37.9. The van der Waals surface area contributed by atoms with Crippen molar-refractivity contribution in [3.63, 3.8) is 0 Å². The average Bonchev–Trinajstić information content (AvgIpc) is 3.33. The predicted octanol–water partition coefficient (Wildman–Crippen LogP) is 19.9. The van der Waals surface area contributed by atoms with Crippen LogP contribution in [0.5, 0.6) is 0 Å². The Balaban J connectivity index is 4.07.